The van der Waals surface area contributed by atoms with E-state index in [1.807, 2.05) is 24.3 Å². The Balaban J connectivity index is 1.60. The Bertz CT molecular complexity index is 608. The van der Waals surface area contributed by atoms with Gasteiger partial charge in [-0.25, -0.2) is 4.39 Å². The molecule has 1 heterocycles. The predicted octanol–water partition coefficient (Wildman–Crippen LogP) is 3.76. The zero-order valence-corrected chi connectivity index (χ0v) is 12.8. The molecule has 3 heteroatoms. The van der Waals surface area contributed by atoms with Crippen molar-refractivity contribution in [3.63, 3.8) is 0 Å². The average Bonchev–Trinajstić information content (AvgIpc) is 2.57. The number of hydrogen-bond donors (Lipinski definition) is 0. The van der Waals surface area contributed by atoms with Crippen molar-refractivity contribution in [1.29, 1.82) is 0 Å². The molecule has 0 aliphatic carbocycles. The fourth-order valence-electron chi connectivity index (χ4n) is 2.92. The normalized spacial score (nSPS) is 15.9. The molecule has 3 rings (SSSR count). The van der Waals surface area contributed by atoms with Gasteiger partial charge in [-0.1, -0.05) is 42.5 Å². The third kappa shape index (κ3) is 3.93. The number of halogens is 1. The summed E-state index contributed by atoms with van der Waals surface area (Å²) in [6.07, 6.45) is 2.15. The average molecular weight is 299 g/mol. The maximum Gasteiger partial charge on any atom is 0.131 e. The van der Waals surface area contributed by atoms with Gasteiger partial charge in [-0.15, -0.1) is 0 Å². The molecule has 0 unspecified atom stereocenters. The summed E-state index contributed by atoms with van der Waals surface area (Å²) < 4.78 is 19.2. The van der Waals surface area contributed by atoms with E-state index in [4.69, 9.17) is 4.74 Å². The van der Waals surface area contributed by atoms with Crippen molar-refractivity contribution in [2.24, 2.45) is 0 Å². The lowest BCUT2D eigenvalue weighted by Gasteiger charge is -2.26. The van der Waals surface area contributed by atoms with E-state index in [9.17, 15) is 4.39 Å². The monoisotopic (exact) mass is 299 g/mol. The highest BCUT2D eigenvalue weighted by Crippen LogP contribution is 2.23. The summed E-state index contributed by atoms with van der Waals surface area (Å²) in [5.74, 6) is -0.159. The smallest absolute Gasteiger partial charge is 0.131 e. The van der Waals surface area contributed by atoms with Crippen molar-refractivity contribution in [2.75, 3.05) is 32.8 Å². The molecule has 116 valence electrons. The molecule has 2 aromatic carbocycles. The van der Waals surface area contributed by atoms with Crippen molar-refractivity contribution in [2.45, 2.75) is 12.8 Å². The Hall–Kier alpha value is -1.71. The highest BCUT2D eigenvalue weighted by molar-refractivity contribution is 5.64. The summed E-state index contributed by atoms with van der Waals surface area (Å²) in [4.78, 5) is 2.45. The van der Waals surface area contributed by atoms with Gasteiger partial charge in [-0.3, -0.25) is 4.90 Å². The molecule has 0 bridgehead atoms. The number of hydrogen-bond acceptors (Lipinski definition) is 2. The summed E-state index contributed by atoms with van der Waals surface area (Å²) in [5.41, 5.74) is 2.91. The molecule has 0 radical (unpaired) electrons. The first-order valence-corrected chi connectivity index (χ1v) is 7.97. The number of morpholine rings is 1. The molecule has 22 heavy (non-hydrogen) atoms. The number of ether oxygens (including phenoxy) is 1. The topological polar surface area (TPSA) is 12.5 Å². The minimum absolute atomic E-state index is 0.159. The Labute approximate surface area is 131 Å². The fourth-order valence-corrected chi connectivity index (χ4v) is 2.92. The molecule has 0 saturated carbocycles. The van der Waals surface area contributed by atoms with Crippen molar-refractivity contribution < 1.29 is 9.13 Å². The summed E-state index contributed by atoms with van der Waals surface area (Å²) in [5, 5.41) is 0. The van der Waals surface area contributed by atoms with E-state index in [-0.39, 0.29) is 5.82 Å². The Morgan fingerprint density at radius 2 is 1.82 bits per heavy atom. The largest absolute Gasteiger partial charge is 0.379 e. The van der Waals surface area contributed by atoms with Gasteiger partial charge in [0.1, 0.15) is 5.82 Å². The minimum Gasteiger partial charge on any atom is -0.379 e. The maximum atomic E-state index is 13.9. The summed E-state index contributed by atoms with van der Waals surface area (Å²) in [6.45, 7) is 4.88. The molecule has 0 aromatic heterocycles. The highest BCUT2D eigenvalue weighted by atomic mass is 19.1. The first kappa shape index (κ1) is 15.2. The number of benzene rings is 2. The van der Waals surface area contributed by atoms with E-state index < -0.39 is 0 Å². The first-order chi connectivity index (χ1) is 10.8. The van der Waals surface area contributed by atoms with E-state index in [0.717, 1.165) is 51.3 Å². The van der Waals surface area contributed by atoms with Crippen LogP contribution in [-0.2, 0) is 11.2 Å². The predicted molar refractivity (Wildman–Crippen MR) is 87.4 cm³/mol. The van der Waals surface area contributed by atoms with Crippen LogP contribution in [-0.4, -0.2) is 37.7 Å². The quantitative estimate of drug-likeness (QED) is 0.833. The molecular formula is C19H22FNO. The van der Waals surface area contributed by atoms with Crippen LogP contribution in [0.4, 0.5) is 4.39 Å². The Morgan fingerprint density at radius 3 is 2.64 bits per heavy atom. The van der Waals surface area contributed by atoms with Crippen LogP contribution < -0.4 is 0 Å². The van der Waals surface area contributed by atoms with E-state index in [1.165, 1.54) is 11.6 Å². The highest BCUT2D eigenvalue weighted by Gasteiger charge is 2.10. The van der Waals surface area contributed by atoms with Gasteiger partial charge in [0.15, 0.2) is 0 Å². The van der Waals surface area contributed by atoms with Gasteiger partial charge >= 0.3 is 0 Å². The molecular weight excluding hydrogens is 277 g/mol. The molecule has 1 fully saturated rings. The minimum atomic E-state index is -0.159. The van der Waals surface area contributed by atoms with Crippen LogP contribution in [0.15, 0.2) is 48.5 Å². The summed E-state index contributed by atoms with van der Waals surface area (Å²) in [7, 11) is 0. The lowest BCUT2D eigenvalue weighted by atomic mass is 10.0. The number of rotatable bonds is 5. The van der Waals surface area contributed by atoms with Gasteiger partial charge in [0.05, 0.1) is 13.2 Å². The van der Waals surface area contributed by atoms with Gasteiger partial charge in [0.2, 0.25) is 0 Å². The van der Waals surface area contributed by atoms with Crippen LogP contribution >= 0.6 is 0 Å². The number of nitrogens with zero attached hydrogens (tertiary/aromatic N) is 1. The SMILES string of the molecule is Fc1ccccc1-c1cccc(CCCN2CCOCC2)c1. The Morgan fingerprint density at radius 1 is 1.00 bits per heavy atom. The van der Waals surface area contributed by atoms with Crippen molar-refractivity contribution in [3.8, 4) is 11.1 Å². The number of aryl methyl sites for hydroxylation is 1. The molecule has 0 spiro atoms. The second kappa shape index (κ2) is 7.52. The van der Waals surface area contributed by atoms with Gasteiger partial charge < -0.3 is 4.74 Å². The molecule has 1 aliphatic heterocycles. The van der Waals surface area contributed by atoms with Crippen LogP contribution in [0.3, 0.4) is 0 Å². The molecule has 0 amide bonds. The van der Waals surface area contributed by atoms with Gasteiger partial charge in [-0.05, 0) is 36.6 Å². The van der Waals surface area contributed by atoms with Crippen LogP contribution in [0.2, 0.25) is 0 Å². The van der Waals surface area contributed by atoms with Crippen LogP contribution in [0.5, 0.6) is 0 Å². The Kier molecular flexibility index (Phi) is 5.20. The van der Waals surface area contributed by atoms with Crippen molar-refractivity contribution in [3.05, 3.63) is 59.9 Å². The van der Waals surface area contributed by atoms with Crippen LogP contribution in [0.25, 0.3) is 11.1 Å². The van der Waals surface area contributed by atoms with Crippen LogP contribution in [0, 0.1) is 5.82 Å². The van der Waals surface area contributed by atoms with Gasteiger partial charge in [0.25, 0.3) is 0 Å². The zero-order valence-electron chi connectivity index (χ0n) is 12.8. The lowest BCUT2D eigenvalue weighted by molar-refractivity contribution is 0.0375. The second-order valence-corrected chi connectivity index (χ2v) is 5.74. The van der Waals surface area contributed by atoms with E-state index in [1.54, 1.807) is 6.07 Å². The van der Waals surface area contributed by atoms with Crippen molar-refractivity contribution in [1.82, 2.24) is 4.90 Å². The molecule has 0 atom stereocenters. The molecule has 0 N–H and O–H groups in total. The standard InChI is InChI=1S/C19H22FNO/c20-19-9-2-1-8-18(19)17-7-3-5-16(15-17)6-4-10-21-11-13-22-14-12-21/h1-3,5,7-9,15H,4,6,10-14H2. The second-order valence-electron chi connectivity index (χ2n) is 5.74. The fraction of sp³-hybridized carbons (Fsp3) is 0.368. The molecule has 1 aliphatic rings. The van der Waals surface area contributed by atoms with Gasteiger partial charge in [-0.2, -0.15) is 0 Å². The summed E-state index contributed by atoms with van der Waals surface area (Å²) >= 11 is 0. The zero-order chi connectivity index (χ0) is 15.2. The molecule has 2 aromatic rings. The van der Waals surface area contributed by atoms with E-state index in [2.05, 4.69) is 17.0 Å². The van der Waals surface area contributed by atoms with Crippen LogP contribution in [0.1, 0.15) is 12.0 Å². The van der Waals surface area contributed by atoms with Gasteiger partial charge in [0, 0.05) is 18.7 Å². The lowest BCUT2D eigenvalue weighted by Crippen LogP contribution is -2.36. The molecule has 2 nitrogen and oxygen atoms in total. The van der Waals surface area contributed by atoms with E-state index >= 15 is 0 Å². The first-order valence-electron chi connectivity index (χ1n) is 7.97. The summed E-state index contributed by atoms with van der Waals surface area (Å²) in [6, 6.07) is 15.2. The maximum absolute atomic E-state index is 13.9. The van der Waals surface area contributed by atoms with Crippen molar-refractivity contribution >= 4 is 0 Å². The van der Waals surface area contributed by atoms with E-state index in [0.29, 0.717) is 5.56 Å². The third-order valence-electron chi connectivity index (χ3n) is 4.16. The third-order valence-corrected chi connectivity index (χ3v) is 4.16. The molecule has 1 saturated heterocycles.